The zero-order chi connectivity index (χ0) is 15.9. The summed E-state index contributed by atoms with van der Waals surface area (Å²) in [7, 11) is 1.60. The number of rotatable bonds is 7. The lowest BCUT2D eigenvalue weighted by Crippen LogP contribution is -2.25. The molecule has 0 aliphatic heterocycles. The van der Waals surface area contributed by atoms with Gasteiger partial charge in [0.1, 0.15) is 16.5 Å². The highest BCUT2D eigenvalue weighted by molar-refractivity contribution is 7.13. The van der Waals surface area contributed by atoms with Crippen molar-refractivity contribution in [1.29, 1.82) is 0 Å². The molecule has 0 fully saturated rings. The third-order valence-electron chi connectivity index (χ3n) is 2.93. The topological polar surface area (TPSA) is 88.5 Å². The molecule has 0 spiro atoms. The SMILES string of the molecule is COc1ccc(-c2nc(C(=O)NCCCC(=O)O)cs2)cc1. The van der Waals surface area contributed by atoms with Crippen LogP contribution in [0.2, 0.25) is 0 Å². The quantitative estimate of drug-likeness (QED) is 0.765. The van der Waals surface area contributed by atoms with Crippen molar-refractivity contribution in [2.24, 2.45) is 0 Å². The number of aromatic nitrogens is 1. The molecule has 1 amide bonds. The molecule has 22 heavy (non-hydrogen) atoms. The van der Waals surface area contributed by atoms with Gasteiger partial charge in [0.25, 0.3) is 5.91 Å². The highest BCUT2D eigenvalue weighted by atomic mass is 32.1. The van der Waals surface area contributed by atoms with E-state index in [4.69, 9.17) is 9.84 Å². The summed E-state index contributed by atoms with van der Waals surface area (Å²) in [6, 6.07) is 7.43. The summed E-state index contributed by atoms with van der Waals surface area (Å²) >= 11 is 1.38. The van der Waals surface area contributed by atoms with Gasteiger partial charge in [0.15, 0.2) is 0 Å². The Morgan fingerprint density at radius 2 is 2.05 bits per heavy atom. The maximum Gasteiger partial charge on any atom is 0.303 e. The number of amides is 1. The summed E-state index contributed by atoms with van der Waals surface area (Å²) in [6.07, 6.45) is 0.436. The van der Waals surface area contributed by atoms with Crippen molar-refractivity contribution in [1.82, 2.24) is 10.3 Å². The number of hydrogen-bond acceptors (Lipinski definition) is 5. The Labute approximate surface area is 131 Å². The molecular weight excluding hydrogens is 304 g/mol. The van der Waals surface area contributed by atoms with Crippen LogP contribution in [0.15, 0.2) is 29.6 Å². The molecule has 0 radical (unpaired) electrons. The van der Waals surface area contributed by atoms with Crippen LogP contribution in [0.25, 0.3) is 10.6 Å². The Morgan fingerprint density at radius 3 is 2.68 bits per heavy atom. The number of benzene rings is 1. The fourth-order valence-electron chi connectivity index (χ4n) is 1.78. The average Bonchev–Trinajstić information content (AvgIpc) is 3.01. The molecule has 6 nitrogen and oxygen atoms in total. The Morgan fingerprint density at radius 1 is 1.32 bits per heavy atom. The first-order valence-corrected chi connectivity index (χ1v) is 7.58. The van der Waals surface area contributed by atoms with Gasteiger partial charge in [-0.1, -0.05) is 0 Å². The van der Waals surface area contributed by atoms with E-state index in [1.165, 1.54) is 11.3 Å². The van der Waals surface area contributed by atoms with Crippen LogP contribution in [-0.2, 0) is 4.79 Å². The van der Waals surface area contributed by atoms with E-state index < -0.39 is 5.97 Å². The van der Waals surface area contributed by atoms with E-state index in [-0.39, 0.29) is 12.3 Å². The van der Waals surface area contributed by atoms with Gasteiger partial charge in [0.05, 0.1) is 7.11 Å². The first kappa shape index (κ1) is 16.0. The minimum atomic E-state index is -0.871. The fourth-order valence-corrected chi connectivity index (χ4v) is 2.58. The van der Waals surface area contributed by atoms with Crippen LogP contribution < -0.4 is 10.1 Å². The van der Waals surface area contributed by atoms with Crippen molar-refractivity contribution in [2.75, 3.05) is 13.7 Å². The van der Waals surface area contributed by atoms with Crippen molar-refractivity contribution < 1.29 is 19.4 Å². The predicted molar refractivity (Wildman–Crippen MR) is 83.3 cm³/mol. The zero-order valence-corrected chi connectivity index (χ0v) is 12.9. The molecule has 2 aromatic rings. The van der Waals surface area contributed by atoms with Gasteiger partial charge >= 0.3 is 5.97 Å². The van der Waals surface area contributed by atoms with Crippen LogP contribution in [0, 0.1) is 0 Å². The van der Waals surface area contributed by atoms with E-state index in [0.717, 1.165) is 16.3 Å². The normalized spacial score (nSPS) is 10.2. The third kappa shape index (κ3) is 4.29. The molecule has 0 saturated carbocycles. The van der Waals surface area contributed by atoms with Crippen LogP contribution in [0.3, 0.4) is 0 Å². The van der Waals surface area contributed by atoms with Gasteiger partial charge in [-0.05, 0) is 30.7 Å². The van der Waals surface area contributed by atoms with E-state index in [2.05, 4.69) is 10.3 Å². The number of carboxylic acids is 1. The number of carbonyl (C=O) groups is 2. The van der Waals surface area contributed by atoms with Gasteiger partial charge in [-0.15, -0.1) is 11.3 Å². The maximum absolute atomic E-state index is 11.9. The minimum absolute atomic E-state index is 0.0362. The van der Waals surface area contributed by atoms with Crippen LogP contribution in [0.5, 0.6) is 5.75 Å². The molecule has 2 N–H and O–H groups in total. The second kappa shape index (κ2) is 7.56. The van der Waals surface area contributed by atoms with E-state index >= 15 is 0 Å². The van der Waals surface area contributed by atoms with Crippen LogP contribution in [-0.4, -0.2) is 35.6 Å². The first-order valence-electron chi connectivity index (χ1n) is 6.70. The van der Waals surface area contributed by atoms with Crippen molar-refractivity contribution in [3.05, 3.63) is 35.3 Å². The predicted octanol–water partition coefficient (Wildman–Crippen LogP) is 2.41. The minimum Gasteiger partial charge on any atom is -0.497 e. The molecule has 0 unspecified atom stereocenters. The monoisotopic (exact) mass is 320 g/mol. The number of hydrogen-bond donors (Lipinski definition) is 2. The molecule has 1 aromatic carbocycles. The third-order valence-corrected chi connectivity index (χ3v) is 3.82. The smallest absolute Gasteiger partial charge is 0.303 e. The standard InChI is InChI=1S/C15H16N2O4S/c1-21-11-6-4-10(5-7-11)15-17-12(9-22-15)14(20)16-8-2-3-13(18)19/h4-7,9H,2-3,8H2,1H3,(H,16,20)(H,18,19). The summed E-state index contributed by atoms with van der Waals surface area (Å²) in [5, 5.41) is 13.6. The van der Waals surface area contributed by atoms with Gasteiger partial charge < -0.3 is 15.2 Å². The maximum atomic E-state index is 11.9. The molecule has 0 saturated heterocycles. The van der Waals surface area contributed by atoms with E-state index in [0.29, 0.717) is 18.7 Å². The average molecular weight is 320 g/mol. The van der Waals surface area contributed by atoms with E-state index in [1.807, 2.05) is 24.3 Å². The number of carbonyl (C=O) groups excluding carboxylic acids is 1. The van der Waals surface area contributed by atoms with Gasteiger partial charge in [-0.25, -0.2) is 4.98 Å². The number of carboxylic acid groups (broad SMARTS) is 1. The molecule has 0 aliphatic rings. The second-order valence-electron chi connectivity index (χ2n) is 4.52. The van der Waals surface area contributed by atoms with Crippen molar-refractivity contribution >= 4 is 23.2 Å². The number of thiazole rings is 1. The molecule has 7 heteroatoms. The van der Waals surface area contributed by atoms with E-state index in [9.17, 15) is 9.59 Å². The van der Waals surface area contributed by atoms with Gasteiger partial charge in [0.2, 0.25) is 0 Å². The summed E-state index contributed by atoms with van der Waals surface area (Å²) in [5.41, 5.74) is 1.25. The lowest BCUT2D eigenvalue weighted by atomic mass is 10.2. The molecule has 0 bridgehead atoms. The number of ether oxygens (including phenoxy) is 1. The number of nitrogens with zero attached hydrogens (tertiary/aromatic N) is 1. The molecule has 1 heterocycles. The Kier molecular flexibility index (Phi) is 5.48. The Bertz CT molecular complexity index is 652. The largest absolute Gasteiger partial charge is 0.497 e. The summed E-state index contributed by atoms with van der Waals surface area (Å²) < 4.78 is 5.10. The summed E-state index contributed by atoms with van der Waals surface area (Å²) in [5.74, 6) is -0.400. The highest BCUT2D eigenvalue weighted by Crippen LogP contribution is 2.25. The first-order chi connectivity index (χ1) is 10.6. The van der Waals surface area contributed by atoms with Gasteiger partial charge in [-0.2, -0.15) is 0 Å². The number of aliphatic carboxylic acids is 1. The molecule has 0 atom stereocenters. The van der Waals surface area contributed by atoms with Crippen LogP contribution in [0.4, 0.5) is 0 Å². The lowest BCUT2D eigenvalue weighted by molar-refractivity contribution is -0.137. The van der Waals surface area contributed by atoms with Gasteiger partial charge in [0, 0.05) is 23.9 Å². The lowest BCUT2D eigenvalue weighted by Gasteiger charge is -2.01. The second-order valence-corrected chi connectivity index (χ2v) is 5.38. The molecule has 1 aromatic heterocycles. The van der Waals surface area contributed by atoms with Crippen molar-refractivity contribution in [2.45, 2.75) is 12.8 Å². The Balaban J connectivity index is 1.95. The van der Waals surface area contributed by atoms with Crippen molar-refractivity contribution in [3.8, 4) is 16.3 Å². The molecule has 0 aliphatic carbocycles. The molecule has 116 valence electrons. The zero-order valence-electron chi connectivity index (χ0n) is 12.0. The molecular formula is C15H16N2O4S. The summed E-state index contributed by atoms with van der Waals surface area (Å²) in [4.78, 5) is 26.6. The number of nitrogens with one attached hydrogen (secondary N) is 1. The number of methoxy groups -OCH3 is 1. The Hall–Kier alpha value is -2.41. The highest BCUT2D eigenvalue weighted by Gasteiger charge is 2.11. The van der Waals surface area contributed by atoms with E-state index in [1.54, 1.807) is 12.5 Å². The van der Waals surface area contributed by atoms with Crippen molar-refractivity contribution in [3.63, 3.8) is 0 Å². The summed E-state index contributed by atoms with van der Waals surface area (Å²) in [6.45, 7) is 0.320. The van der Waals surface area contributed by atoms with Gasteiger partial charge in [-0.3, -0.25) is 9.59 Å². The van der Waals surface area contributed by atoms with Crippen LogP contribution >= 0.6 is 11.3 Å². The van der Waals surface area contributed by atoms with Crippen LogP contribution in [0.1, 0.15) is 23.3 Å². The molecule has 2 rings (SSSR count). The fraction of sp³-hybridized carbons (Fsp3) is 0.267.